The van der Waals surface area contributed by atoms with Gasteiger partial charge < -0.3 is 4.90 Å². The van der Waals surface area contributed by atoms with Gasteiger partial charge in [-0.2, -0.15) is 0 Å². The fraction of sp³-hybridized carbons (Fsp3) is 0.909. The lowest BCUT2D eigenvalue weighted by Crippen LogP contribution is -2.34. The first-order valence-electron chi connectivity index (χ1n) is 5.45. The summed E-state index contributed by atoms with van der Waals surface area (Å²) in [7, 11) is 0. The molecule has 0 fully saturated rings. The maximum absolute atomic E-state index is 11.7. The van der Waals surface area contributed by atoms with E-state index in [1.54, 1.807) is 0 Å². The number of nitrogens with zero attached hydrogens (tertiary/aromatic N) is 1. The van der Waals surface area contributed by atoms with Gasteiger partial charge in [0.2, 0.25) is 5.91 Å². The molecule has 0 aliphatic heterocycles. The van der Waals surface area contributed by atoms with E-state index in [2.05, 4.69) is 20.8 Å². The van der Waals surface area contributed by atoms with Gasteiger partial charge in [-0.05, 0) is 12.3 Å². The Morgan fingerprint density at radius 2 is 2.00 bits per heavy atom. The van der Waals surface area contributed by atoms with Crippen molar-refractivity contribution >= 4 is 17.5 Å². The SMILES string of the molecule is CCCCN(CCCl)C(=O)CC(C)C. The van der Waals surface area contributed by atoms with Crippen LogP contribution in [-0.2, 0) is 4.79 Å². The van der Waals surface area contributed by atoms with Crippen LogP contribution < -0.4 is 0 Å². The number of carbonyl (C=O) groups is 1. The summed E-state index contributed by atoms with van der Waals surface area (Å²) in [5.74, 6) is 1.21. The first kappa shape index (κ1) is 13.8. The first-order valence-corrected chi connectivity index (χ1v) is 5.99. The Labute approximate surface area is 92.6 Å². The Bertz CT molecular complexity index is 159. The number of hydrogen-bond acceptors (Lipinski definition) is 1. The summed E-state index contributed by atoms with van der Waals surface area (Å²) in [4.78, 5) is 13.6. The van der Waals surface area contributed by atoms with Crippen LogP contribution in [-0.4, -0.2) is 29.8 Å². The molecule has 0 bridgehead atoms. The van der Waals surface area contributed by atoms with Gasteiger partial charge in [0.1, 0.15) is 0 Å². The molecule has 0 radical (unpaired) electrons. The second kappa shape index (κ2) is 8.10. The number of halogens is 1. The molecular formula is C11H22ClNO. The lowest BCUT2D eigenvalue weighted by atomic mass is 10.1. The monoisotopic (exact) mass is 219 g/mol. The third-order valence-corrected chi connectivity index (χ3v) is 2.24. The second-order valence-corrected chi connectivity index (χ2v) is 4.40. The average molecular weight is 220 g/mol. The molecule has 0 atom stereocenters. The molecular weight excluding hydrogens is 198 g/mol. The number of amides is 1. The van der Waals surface area contributed by atoms with E-state index in [1.807, 2.05) is 4.90 Å². The first-order chi connectivity index (χ1) is 6.61. The molecule has 0 aliphatic rings. The molecule has 0 N–H and O–H groups in total. The third kappa shape index (κ3) is 6.25. The Morgan fingerprint density at radius 1 is 1.36 bits per heavy atom. The molecule has 84 valence electrons. The number of alkyl halides is 1. The second-order valence-electron chi connectivity index (χ2n) is 4.02. The van der Waals surface area contributed by atoms with Crippen molar-refractivity contribution in [3.05, 3.63) is 0 Å². The summed E-state index contributed by atoms with van der Waals surface area (Å²) < 4.78 is 0. The molecule has 14 heavy (non-hydrogen) atoms. The van der Waals surface area contributed by atoms with Crippen molar-refractivity contribution < 1.29 is 4.79 Å². The van der Waals surface area contributed by atoms with Gasteiger partial charge in [0.05, 0.1) is 0 Å². The standard InChI is InChI=1S/C11H22ClNO/c1-4-5-7-13(8-6-12)11(14)9-10(2)3/h10H,4-9H2,1-3H3. The molecule has 3 heteroatoms. The summed E-state index contributed by atoms with van der Waals surface area (Å²) in [5.41, 5.74) is 0. The van der Waals surface area contributed by atoms with Crippen molar-refractivity contribution in [1.29, 1.82) is 0 Å². The van der Waals surface area contributed by atoms with Gasteiger partial charge in [0, 0.05) is 25.4 Å². The molecule has 0 saturated carbocycles. The van der Waals surface area contributed by atoms with Gasteiger partial charge in [-0.1, -0.05) is 27.2 Å². The summed E-state index contributed by atoms with van der Waals surface area (Å²) in [6, 6.07) is 0. The van der Waals surface area contributed by atoms with E-state index in [9.17, 15) is 4.79 Å². The molecule has 0 aromatic carbocycles. The van der Waals surface area contributed by atoms with Crippen molar-refractivity contribution in [2.24, 2.45) is 5.92 Å². The van der Waals surface area contributed by atoms with Gasteiger partial charge in [0.15, 0.2) is 0 Å². The quantitative estimate of drug-likeness (QED) is 0.603. The van der Waals surface area contributed by atoms with Crippen LogP contribution in [0.5, 0.6) is 0 Å². The topological polar surface area (TPSA) is 20.3 Å². The zero-order valence-corrected chi connectivity index (χ0v) is 10.3. The van der Waals surface area contributed by atoms with Crippen LogP contribution in [0.25, 0.3) is 0 Å². The lowest BCUT2D eigenvalue weighted by molar-refractivity contribution is -0.131. The Morgan fingerprint density at radius 3 is 2.43 bits per heavy atom. The predicted octanol–water partition coefficient (Wildman–Crippen LogP) is 2.90. The fourth-order valence-electron chi connectivity index (χ4n) is 1.29. The third-order valence-electron chi connectivity index (χ3n) is 2.07. The molecule has 2 nitrogen and oxygen atoms in total. The Balaban J connectivity index is 3.97. The van der Waals surface area contributed by atoms with E-state index in [4.69, 9.17) is 11.6 Å². The maximum Gasteiger partial charge on any atom is 0.222 e. The van der Waals surface area contributed by atoms with E-state index < -0.39 is 0 Å². The zero-order chi connectivity index (χ0) is 11.0. The van der Waals surface area contributed by atoms with Crippen LogP contribution in [0.4, 0.5) is 0 Å². The number of hydrogen-bond donors (Lipinski definition) is 0. The molecule has 0 spiro atoms. The van der Waals surface area contributed by atoms with Gasteiger partial charge >= 0.3 is 0 Å². The minimum Gasteiger partial charge on any atom is -0.342 e. The van der Waals surface area contributed by atoms with Gasteiger partial charge in [0.25, 0.3) is 0 Å². The zero-order valence-electron chi connectivity index (χ0n) is 9.55. The highest BCUT2D eigenvalue weighted by Gasteiger charge is 2.13. The largest absolute Gasteiger partial charge is 0.342 e. The van der Waals surface area contributed by atoms with E-state index in [0.29, 0.717) is 24.8 Å². The summed E-state index contributed by atoms with van der Waals surface area (Å²) in [6.07, 6.45) is 2.83. The smallest absolute Gasteiger partial charge is 0.222 e. The number of rotatable bonds is 7. The fourth-order valence-corrected chi connectivity index (χ4v) is 1.49. The predicted molar refractivity (Wildman–Crippen MR) is 61.7 cm³/mol. The van der Waals surface area contributed by atoms with Crippen LogP contribution >= 0.6 is 11.6 Å². The van der Waals surface area contributed by atoms with Gasteiger partial charge in [-0.3, -0.25) is 4.79 Å². The van der Waals surface area contributed by atoms with Crippen molar-refractivity contribution in [3.8, 4) is 0 Å². The molecule has 0 unspecified atom stereocenters. The number of carbonyl (C=O) groups excluding carboxylic acids is 1. The normalized spacial score (nSPS) is 10.6. The molecule has 0 rings (SSSR count). The minimum atomic E-state index is 0.245. The van der Waals surface area contributed by atoms with Crippen molar-refractivity contribution in [3.63, 3.8) is 0 Å². The van der Waals surface area contributed by atoms with Crippen LogP contribution in [0.2, 0.25) is 0 Å². The minimum absolute atomic E-state index is 0.245. The van der Waals surface area contributed by atoms with Crippen molar-refractivity contribution in [2.45, 2.75) is 40.0 Å². The molecule has 0 aromatic rings. The van der Waals surface area contributed by atoms with Crippen LogP contribution in [0.15, 0.2) is 0 Å². The van der Waals surface area contributed by atoms with Gasteiger partial charge in [-0.25, -0.2) is 0 Å². The van der Waals surface area contributed by atoms with Crippen molar-refractivity contribution in [2.75, 3.05) is 19.0 Å². The summed E-state index contributed by atoms with van der Waals surface area (Å²) >= 11 is 5.66. The summed E-state index contributed by atoms with van der Waals surface area (Å²) in [6.45, 7) is 7.81. The van der Waals surface area contributed by atoms with Crippen LogP contribution in [0.1, 0.15) is 40.0 Å². The molecule has 1 amide bonds. The maximum atomic E-state index is 11.7. The Kier molecular flexibility index (Phi) is 7.96. The summed E-state index contributed by atoms with van der Waals surface area (Å²) in [5, 5.41) is 0. The van der Waals surface area contributed by atoms with E-state index >= 15 is 0 Å². The highest BCUT2D eigenvalue weighted by atomic mass is 35.5. The highest BCUT2D eigenvalue weighted by Crippen LogP contribution is 2.05. The van der Waals surface area contributed by atoms with E-state index in [1.165, 1.54) is 0 Å². The van der Waals surface area contributed by atoms with Gasteiger partial charge in [-0.15, -0.1) is 11.6 Å². The molecule has 0 saturated heterocycles. The highest BCUT2D eigenvalue weighted by molar-refractivity contribution is 6.18. The average Bonchev–Trinajstić information content (AvgIpc) is 2.10. The molecule has 0 heterocycles. The van der Waals surface area contributed by atoms with E-state index in [0.717, 1.165) is 19.4 Å². The van der Waals surface area contributed by atoms with Crippen LogP contribution in [0, 0.1) is 5.92 Å². The molecule has 0 aliphatic carbocycles. The molecule has 0 aromatic heterocycles. The number of unbranched alkanes of at least 4 members (excludes halogenated alkanes) is 1. The van der Waals surface area contributed by atoms with Crippen LogP contribution in [0.3, 0.4) is 0 Å². The Hall–Kier alpha value is -0.240. The van der Waals surface area contributed by atoms with Crippen molar-refractivity contribution in [1.82, 2.24) is 4.90 Å². The van der Waals surface area contributed by atoms with E-state index in [-0.39, 0.29) is 5.91 Å². The lowest BCUT2D eigenvalue weighted by Gasteiger charge is -2.22.